The minimum absolute atomic E-state index is 0.183. The van der Waals surface area contributed by atoms with Gasteiger partial charge in [0.2, 0.25) is 0 Å². The van der Waals surface area contributed by atoms with E-state index in [4.69, 9.17) is 0 Å². The summed E-state index contributed by atoms with van der Waals surface area (Å²) in [6, 6.07) is 22.6. The summed E-state index contributed by atoms with van der Waals surface area (Å²) in [6.45, 7) is 1.90. The number of nitrogens with one attached hydrogen (secondary N) is 1. The molecule has 0 unspecified atom stereocenters. The molecule has 0 radical (unpaired) electrons. The normalized spacial score (nSPS) is 12.6. The van der Waals surface area contributed by atoms with Gasteiger partial charge in [-0.1, -0.05) is 66.2 Å². The Morgan fingerprint density at radius 3 is 2.12 bits per heavy atom. The predicted molar refractivity (Wildman–Crippen MR) is 98.9 cm³/mol. The van der Waals surface area contributed by atoms with Crippen LogP contribution in [0.25, 0.3) is 0 Å². The van der Waals surface area contributed by atoms with Gasteiger partial charge in [-0.05, 0) is 30.7 Å². The van der Waals surface area contributed by atoms with Gasteiger partial charge in [0.1, 0.15) is 6.10 Å². The Balaban J connectivity index is 1.95. The molecule has 5 heteroatoms. The summed E-state index contributed by atoms with van der Waals surface area (Å²) in [5, 5.41) is 10.6. The lowest BCUT2D eigenvalue weighted by atomic mass is 10.0. The second-order valence-electron chi connectivity index (χ2n) is 5.82. The lowest BCUT2D eigenvalue weighted by Crippen LogP contribution is -2.15. The largest absolute Gasteiger partial charge is 0.384 e. The van der Waals surface area contributed by atoms with E-state index in [2.05, 4.69) is 4.72 Å². The number of aryl methyl sites for hydroxylation is 1. The van der Waals surface area contributed by atoms with Gasteiger partial charge in [-0.3, -0.25) is 4.72 Å². The van der Waals surface area contributed by atoms with Crippen LogP contribution >= 0.6 is 0 Å². The van der Waals surface area contributed by atoms with Crippen LogP contribution in [0.15, 0.2) is 83.8 Å². The molecule has 0 fully saturated rings. The number of sulfonamides is 1. The maximum absolute atomic E-state index is 12.6. The van der Waals surface area contributed by atoms with Crippen molar-refractivity contribution in [2.75, 3.05) is 4.72 Å². The standard InChI is InChI=1S/C20H19NO3S/c1-15-11-13-17(14-12-15)25(23,24)21-19-10-6-5-9-18(19)20(22)16-7-3-2-4-8-16/h2-14,20-22H,1H3/t20-/m0/s1. The third-order valence-corrected chi connectivity index (χ3v) is 5.33. The average molecular weight is 353 g/mol. The molecule has 25 heavy (non-hydrogen) atoms. The minimum Gasteiger partial charge on any atom is -0.384 e. The van der Waals surface area contributed by atoms with Crippen molar-refractivity contribution in [1.82, 2.24) is 0 Å². The molecule has 3 aromatic carbocycles. The van der Waals surface area contributed by atoms with Crippen molar-refractivity contribution in [3.05, 3.63) is 95.6 Å². The zero-order chi connectivity index (χ0) is 17.9. The van der Waals surface area contributed by atoms with E-state index in [1.165, 1.54) is 0 Å². The van der Waals surface area contributed by atoms with Crippen molar-refractivity contribution in [1.29, 1.82) is 0 Å². The first-order chi connectivity index (χ1) is 12.0. The Morgan fingerprint density at radius 1 is 0.840 bits per heavy atom. The summed E-state index contributed by atoms with van der Waals surface area (Å²) >= 11 is 0. The highest BCUT2D eigenvalue weighted by atomic mass is 32.2. The first kappa shape index (κ1) is 17.2. The Labute approximate surface area is 147 Å². The Bertz CT molecular complexity index is 952. The number of hydrogen-bond donors (Lipinski definition) is 2. The molecule has 0 heterocycles. The molecule has 3 aromatic rings. The molecule has 1 atom stereocenters. The van der Waals surface area contributed by atoms with Crippen molar-refractivity contribution in [3.8, 4) is 0 Å². The van der Waals surface area contributed by atoms with Gasteiger partial charge in [-0.25, -0.2) is 8.42 Å². The SMILES string of the molecule is Cc1ccc(S(=O)(=O)Nc2ccccc2[C@@H](O)c2ccccc2)cc1. The molecule has 0 saturated carbocycles. The Hall–Kier alpha value is -2.63. The van der Waals surface area contributed by atoms with Crippen LogP contribution in [0.4, 0.5) is 5.69 Å². The van der Waals surface area contributed by atoms with E-state index in [1.54, 1.807) is 60.7 Å². The predicted octanol–water partition coefficient (Wildman–Crippen LogP) is 3.88. The highest BCUT2D eigenvalue weighted by Crippen LogP contribution is 2.29. The number of anilines is 1. The van der Waals surface area contributed by atoms with Gasteiger partial charge in [-0.2, -0.15) is 0 Å². The van der Waals surface area contributed by atoms with Crippen LogP contribution in [0.3, 0.4) is 0 Å². The topological polar surface area (TPSA) is 66.4 Å². The van der Waals surface area contributed by atoms with Gasteiger partial charge in [-0.15, -0.1) is 0 Å². The molecule has 4 nitrogen and oxygen atoms in total. The molecule has 0 saturated heterocycles. The van der Waals surface area contributed by atoms with E-state index >= 15 is 0 Å². The van der Waals surface area contributed by atoms with Crippen LogP contribution in [0.5, 0.6) is 0 Å². The van der Waals surface area contributed by atoms with Gasteiger partial charge < -0.3 is 5.11 Å². The molecule has 0 aliphatic carbocycles. The second kappa shape index (κ2) is 7.09. The summed E-state index contributed by atoms with van der Waals surface area (Å²) in [4.78, 5) is 0.183. The van der Waals surface area contributed by atoms with Crippen molar-refractivity contribution >= 4 is 15.7 Å². The van der Waals surface area contributed by atoms with Crippen LogP contribution in [0, 0.1) is 6.92 Å². The zero-order valence-corrected chi connectivity index (χ0v) is 14.6. The lowest BCUT2D eigenvalue weighted by molar-refractivity contribution is 0.221. The summed E-state index contributed by atoms with van der Waals surface area (Å²) in [6.07, 6.45) is -0.918. The number of para-hydroxylation sites is 1. The van der Waals surface area contributed by atoms with Gasteiger partial charge >= 0.3 is 0 Å². The Morgan fingerprint density at radius 2 is 1.44 bits per heavy atom. The van der Waals surface area contributed by atoms with E-state index in [0.717, 1.165) is 5.56 Å². The van der Waals surface area contributed by atoms with Crippen LogP contribution in [0.2, 0.25) is 0 Å². The van der Waals surface area contributed by atoms with Crippen LogP contribution in [-0.4, -0.2) is 13.5 Å². The minimum atomic E-state index is -3.73. The first-order valence-electron chi connectivity index (χ1n) is 7.89. The highest BCUT2D eigenvalue weighted by Gasteiger charge is 2.19. The molecule has 0 aromatic heterocycles. The molecule has 0 aliphatic heterocycles. The monoisotopic (exact) mass is 353 g/mol. The molecule has 0 aliphatic rings. The molecule has 3 rings (SSSR count). The van der Waals surface area contributed by atoms with Crippen molar-refractivity contribution in [2.45, 2.75) is 17.9 Å². The van der Waals surface area contributed by atoms with Crippen molar-refractivity contribution in [2.24, 2.45) is 0 Å². The third-order valence-electron chi connectivity index (χ3n) is 3.95. The van der Waals surface area contributed by atoms with E-state index in [0.29, 0.717) is 16.8 Å². The molecular weight excluding hydrogens is 334 g/mol. The molecule has 0 spiro atoms. The molecule has 2 N–H and O–H groups in total. The fourth-order valence-electron chi connectivity index (χ4n) is 2.56. The maximum atomic E-state index is 12.6. The molecular formula is C20H19NO3S. The summed E-state index contributed by atoms with van der Waals surface area (Å²) in [7, 11) is -3.73. The number of hydrogen-bond acceptors (Lipinski definition) is 3. The van der Waals surface area contributed by atoms with Gasteiger partial charge in [0.15, 0.2) is 0 Å². The summed E-state index contributed by atoms with van der Waals surface area (Å²) < 4.78 is 27.8. The molecule has 0 bridgehead atoms. The van der Waals surface area contributed by atoms with Gasteiger partial charge in [0.05, 0.1) is 10.6 Å². The summed E-state index contributed by atoms with van der Waals surface area (Å²) in [5.41, 5.74) is 2.55. The molecule has 0 amide bonds. The zero-order valence-electron chi connectivity index (χ0n) is 13.8. The lowest BCUT2D eigenvalue weighted by Gasteiger charge is -2.17. The third kappa shape index (κ3) is 3.90. The van der Waals surface area contributed by atoms with E-state index in [-0.39, 0.29) is 4.90 Å². The van der Waals surface area contributed by atoms with Crippen LogP contribution in [0.1, 0.15) is 22.8 Å². The number of benzene rings is 3. The quantitative estimate of drug-likeness (QED) is 0.731. The number of aliphatic hydroxyl groups excluding tert-OH is 1. The van der Waals surface area contributed by atoms with E-state index in [9.17, 15) is 13.5 Å². The fourth-order valence-corrected chi connectivity index (χ4v) is 3.65. The Kier molecular flexibility index (Phi) is 4.88. The fraction of sp³-hybridized carbons (Fsp3) is 0.100. The van der Waals surface area contributed by atoms with E-state index < -0.39 is 16.1 Å². The van der Waals surface area contributed by atoms with Crippen molar-refractivity contribution < 1.29 is 13.5 Å². The number of aliphatic hydroxyl groups is 1. The summed E-state index contributed by atoms with van der Waals surface area (Å²) in [5.74, 6) is 0. The van der Waals surface area contributed by atoms with Crippen LogP contribution < -0.4 is 4.72 Å². The average Bonchev–Trinajstić information content (AvgIpc) is 2.62. The second-order valence-corrected chi connectivity index (χ2v) is 7.50. The maximum Gasteiger partial charge on any atom is 0.261 e. The van der Waals surface area contributed by atoms with Gasteiger partial charge in [0, 0.05) is 5.56 Å². The van der Waals surface area contributed by atoms with Gasteiger partial charge in [0.25, 0.3) is 10.0 Å². The first-order valence-corrected chi connectivity index (χ1v) is 9.37. The van der Waals surface area contributed by atoms with Crippen LogP contribution in [-0.2, 0) is 10.0 Å². The van der Waals surface area contributed by atoms with E-state index in [1.807, 2.05) is 25.1 Å². The highest BCUT2D eigenvalue weighted by molar-refractivity contribution is 7.92. The molecule has 128 valence electrons. The smallest absolute Gasteiger partial charge is 0.261 e. The van der Waals surface area contributed by atoms with Crippen molar-refractivity contribution in [3.63, 3.8) is 0 Å². The number of rotatable bonds is 5.